The van der Waals surface area contributed by atoms with Crippen molar-refractivity contribution in [1.29, 1.82) is 0 Å². The van der Waals surface area contributed by atoms with Gasteiger partial charge in [0.2, 0.25) is 0 Å². The van der Waals surface area contributed by atoms with Gasteiger partial charge in [0.15, 0.2) is 0 Å². The van der Waals surface area contributed by atoms with Crippen molar-refractivity contribution in [3.8, 4) is 0 Å². The lowest BCUT2D eigenvalue weighted by Crippen LogP contribution is -2.45. The first kappa shape index (κ1) is 12.4. The quantitative estimate of drug-likeness (QED) is 0.692. The second kappa shape index (κ2) is 4.09. The van der Waals surface area contributed by atoms with E-state index in [1.807, 2.05) is 0 Å². The first-order chi connectivity index (χ1) is 5.71. The number of hydrogen-bond acceptors (Lipinski definition) is 2. The highest BCUT2D eigenvalue weighted by Gasteiger charge is 2.30. The Bertz CT molecular complexity index is 185. The van der Waals surface area contributed by atoms with E-state index in [1.165, 1.54) is 0 Å². The summed E-state index contributed by atoms with van der Waals surface area (Å²) in [6.07, 6.45) is 2.43. The van der Waals surface area contributed by atoms with Crippen LogP contribution in [0.3, 0.4) is 0 Å². The summed E-state index contributed by atoms with van der Waals surface area (Å²) in [5.74, 6) is -0.917. The van der Waals surface area contributed by atoms with Crippen LogP contribution in [0.1, 0.15) is 47.0 Å². The van der Waals surface area contributed by atoms with Gasteiger partial charge in [-0.05, 0) is 25.2 Å². The van der Waals surface area contributed by atoms with E-state index in [0.717, 1.165) is 12.8 Å². The fraction of sp³-hybridized carbons (Fsp3) is 0.900. The third-order valence-corrected chi connectivity index (χ3v) is 2.77. The Morgan fingerprint density at radius 2 is 1.77 bits per heavy atom. The summed E-state index contributed by atoms with van der Waals surface area (Å²) in [4.78, 5) is 10.7. The maximum absolute atomic E-state index is 10.7. The molecule has 0 aromatic rings. The predicted molar refractivity (Wildman–Crippen MR) is 53.5 cm³/mol. The fourth-order valence-corrected chi connectivity index (χ4v) is 0.882. The molecule has 0 saturated heterocycles. The Balaban J connectivity index is 4.09. The van der Waals surface area contributed by atoms with Crippen LogP contribution < -0.4 is 5.73 Å². The predicted octanol–water partition coefficient (Wildman–Crippen LogP) is 2.00. The van der Waals surface area contributed by atoms with E-state index in [9.17, 15) is 4.79 Å². The van der Waals surface area contributed by atoms with Gasteiger partial charge in [0.25, 0.3) is 0 Å². The summed E-state index contributed by atoms with van der Waals surface area (Å²) < 4.78 is 0. The van der Waals surface area contributed by atoms with Gasteiger partial charge in [0.1, 0.15) is 5.54 Å². The van der Waals surface area contributed by atoms with Crippen LogP contribution in [0.15, 0.2) is 0 Å². The van der Waals surface area contributed by atoms with Crippen LogP contribution in [0.25, 0.3) is 0 Å². The molecule has 0 bridgehead atoms. The van der Waals surface area contributed by atoms with Gasteiger partial charge < -0.3 is 10.8 Å². The molecular formula is C10H21NO2. The van der Waals surface area contributed by atoms with Crippen LogP contribution in [0.5, 0.6) is 0 Å². The third kappa shape index (κ3) is 4.27. The van der Waals surface area contributed by atoms with E-state index < -0.39 is 11.5 Å². The van der Waals surface area contributed by atoms with Crippen molar-refractivity contribution >= 4 is 5.97 Å². The lowest BCUT2D eigenvalue weighted by molar-refractivity contribution is -0.143. The standard InChI is InChI=1S/C10H21NO2/c1-5-9(2,3)6-7-10(4,11)8(12)13/h5-7,11H2,1-4H3,(H,12,13). The number of rotatable bonds is 5. The van der Waals surface area contributed by atoms with Crippen LogP contribution in [0, 0.1) is 5.41 Å². The molecule has 0 aliphatic heterocycles. The molecule has 13 heavy (non-hydrogen) atoms. The molecule has 78 valence electrons. The van der Waals surface area contributed by atoms with E-state index in [2.05, 4.69) is 20.8 Å². The zero-order valence-corrected chi connectivity index (χ0v) is 9.05. The van der Waals surface area contributed by atoms with E-state index in [-0.39, 0.29) is 5.41 Å². The Morgan fingerprint density at radius 3 is 2.08 bits per heavy atom. The molecule has 1 atom stereocenters. The van der Waals surface area contributed by atoms with E-state index >= 15 is 0 Å². The Labute approximate surface area is 80.3 Å². The molecule has 0 rings (SSSR count). The summed E-state index contributed by atoms with van der Waals surface area (Å²) in [5.41, 5.74) is 4.74. The molecule has 3 N–H and O–H groups in total. The van der Waals surface area contributed by atoms with Crippen molar-refractivity contribution in [2.75, 3.05) is 0 Å². The third-order valence-electron chi connectivity index (χ3n) is 2.77. The average molecular weight is 187 g/mol. The molecule has 0 radical (unpaired) electrons. The number of carbonyl (C=O) groups is 1. The van der Waals surface area contributed by atoms with Crippen molar-refractivity contribution in [2.45, 2.75) is 52.5 Å². The van der Waals surface area contributed by atoms with Crippen molar-refractivity contribution in [2.24, 2.45) is 11.1 Å². The number of carboxylic acid groups (broad SMARTS) is 1. The maximum atomic E-state index is 10.7. The van der Waals surface area contributed by atoms with Gasteiger partial charge in [-0.3, -0.25) is 4.79 Å². The molecule has 0 aromatic heterocycles. The molecule has 0 amide bonds. The summed E-state index contributed by atoms with van der Waals surface area (Å²) >= 11 is 0. The van der Waals surface area contributed by atoms with Crippen molar-refractivity contribution in [1.82, 2.24) is 0 Å². The molecule has 3 heteroatoms. The summed E-state index contributed by atoms with van der Waals surface area (Å²) in [6.45, 7) is 7.94. The SMILES string of the molecule is CCC(C)(C)CCC(C)(N)C(=O)O. The van der Waals surface area contributed by atoms with E-state index in [1.54, 1.807) is 6.92 Å². The normalized spacial score (nSPS) is 16.7. The zero-order chi connectivity index (χ0) is 10.7. The lowest BCUT2D eigenvalue weighted by atomic mass is 9.81. The lowest BCUT2D eigenvalue weighted by Gasteiger charge is -2.27. The Hall–Kier alpha value is -0.570. The summed E-state index contributed by atoms with van der Waals surface area (Å²) in [7, 11) is 0. The molecule has 1 unspecified atom stereocenters. The van der Waals surface area contributed by atoms with Crippen LogP contribution in [0.4, 0.5) is 0 Å². The monoisotopic (exact) mass is 187 g/mol. The number of aliphatic carboxylic acids is 1. The second-order valence-electron chi connectivity index (χ2n) is 4.74. The van der Waals surface area contributed by atoms with E-state index in [4.69, 9.17) is 10.8 Å². The molecule has 3 nitrogen and oxygen atoms in total. The second-order valence-corrected chi connectivity index (χ2v) is 4.74. The van der Waals surface area contributed by atoms with Crippen LogP contribution in [-0.4, -0.2) is 16.6 Å². The molecule has 0 aliphatic carbocycles. The smallest absolute Gasteiger partial charge is 0.323 e. The van der Waals surface area contributed by atoms with Gasteiger partial charge in [-0.1, -0.05) is 27.2 Å². The number of nitrogens with two attached hydrogens (primary N) is 1. The van der Waals surface area contributed by atoms with Crippen molar-refractivity contribution in [3.05, 3.63) is 0 Å². The Kier molecular flexibility index (Phi) is 3.91. The van der Waals surface area contributed by atoms with Gasteiger partial charge in [-0.2, -0.15) is 0 Å². The molecule has 0 fully saturated rings. The number of hydrogen-bond donors (Lipinski definition) is 2. The minimum absolute atomic E-state index is 0.191. The topological polar surface area (TPSA) is 63.3 Å². The van der Waals surface area contributed by atoms with Crippen LogP contribution >= 0.6 is 0 Å². The minimum Gasteiger partial charge on any atom is -0.480 e. The van der Waals surface area contributed by atoms with E-state index in [0.29, 0.717) is 6.42 Å². The molecule has 0 heterocycles. The summed E-state index contributed by atoms with van der Waals surface area (Å²) in [6, 6.07) is 0. The van der Waals surface area contributed by atoms with Gasteiger partial charge in [0.05, 0.1) is 0 Å². The summed E-state index contributed by atoms with van der Waals surface area (Å²) in [5, 5.41) is 8.79. The minimum atomic E-state index is -1.08. The van der Waals surface area contributed by atoms with Gasteiger partial charge in [0, 0.05) is 0 Å². The first-order valence-electron chi connectivity index (χ1n) is 4.73. The highest BCUT2D eigenvalue weighted by Crippen LogP contribution is 2.28. The molecule has 0 spiro atoms. The van der Waals surface area contributed by atoms with Crippen molar-refractivity contribution in [3.63, 3.8) is 0 Å². The maximum Gasteiger partial charge on any atom is 0.323 e. The highest BCUT2D eigenvalue weighted by atomic mass is 16.4. The largest absolute Gasteiger partial charge is 0.480 e. The van der Waals surface area contributed by atoms with Gasteiger partial charge >= 0.3 is 5.97 Å². The Morgan fingerprint density at radius 1 is 1.31 bits per heavy atom. The fourth-order valence-electron chi connectivity index (χ4n) is 0.882. The average Bonchev–Trinajstić information content (AvgIpc) is 2.01. The van der Waals surface area contributed by atoms with Crippen LogP contribution in [-0.2, 0) is 4.79 Å². The molecular weight excluding hydrogens is 166 g/mol. The molecule has 0 aliphatic rings. The first-order valence-corrected chi connectivity index (χ1v) is 4.73. The van der Waals surface area contributed by atoms with Gasteiger partial charge in [-0.25, -0.2) is 0 Å². The van der Waals surface area contributed by atoms with Crippen molar-refractivity contribution < 1.29 is 9.90 Å². The number of carboxylic acids is 1. The van der Waals surface area contributed by atoms with Crippen LogP contribution in [0.2, 0.25) is 0 Å². The highest BCUT2D eigenvalue weighted by molar-refractivity contribution is 5.77. The van der Waals surface area contributed by atoms with Gasteiger partial charge in [-0.15, -0.1) is 0 Å². The zero-order valence-electron chi connectivity index (χ0n) is 9.05. The molecule has 0 saturated carbocycles. The molecule has 0 aromatic carbocycles.